The van der Waals surface area contributed by atoms with Crippen LogP contribution in [0.2, 0.25) is 0 Å². The molecule has 0 saturated heterocycles. The zero-order valence-corrected chi connectivity index (χ0v) is 11.1. The molecule has 0 spiro atoms. The van der Waals surface area contributed by atoms with Crippen LogP contribution in [0.4, 0.5) is 0 Å². The molecule has 3 rings (SSSR count). The van der Waals surface area contributed by atoms with Gasteiger partial charge in [0.05, 0.1) is 5.52 Å². The maximum atomic E-state index is 2.34. The van der Waals surface area contributed by atoms with E-state index >= 15 is 0 Å². The second-order valence-electron chi connectivity index (χ2n) is 4.90. The molecule has 0 aliphatic carbocycles. The highest BCUT2D eigenvalue weighted by atomic mass is 15.0. The van der Waals surface area contributed by atoms with E-state index in [1.807, 2.05) is 0 Å². The van der Waals surface area contributed by atoms with Gasteiger partial charge < -0.3 is 4.57 Å². The molecule has 2 aromatic carbocycles. The Balaban J connectivity index is 2.35. The Morgan fingerprint density at radius 2 is 1.44 bits per heavy atom. The monoisotopic (exact) mass is 235 g/mol. The highest BCUT2D eigenvalue weighted by Gasteiger charge is 2.11. The van der Waals surface area contributed by atoms with Crippen molar-refractivity contribution in [1.82, 2.24) is 4.57 Å². The van der Waals surface area contributed by atoms with Crippen LogP contribution in [0.5, 0.6) is 0 Å². The van der Waals surface area contributed by atoms with Gasteiger partial charge in [0, 0.05) is 16.8 Å². The van der Waals surface area contributed by atoms with Gasteiger partial charge in [-0.15, -0.1) is 0 Å². The number of hydrogen-bond acceptors (Lipinski definition) is 0. The molecule has 0 amide bonds. The van der Waals surface area contributed by atoms with Crippen LogP contribution in [0.1, 0.15) is 16.8 Å². The fourth-order valence-electron chi connectivity index (χ4n) is 2.56. The summed E-state index contributed by atoms with van der Waals surface area (Å²) in [6, 6.07) is 17.3. The van der Waals surface area contributed by atoms with E-state index in [1.165, 1.54) is 33.4 Å². The Bertz CT molecular complexity index is 702. The van der Waals surface area contributed by atoms with Gasteiger partial charge in [-0.05, 0) is 44.5 Å². The average Bonchev–Trinajstić information content (AvgIpc) is 2.64. The van der Waals surface area contributed by atoms with Crippen LogP contribution in [0.3, 0.4) is 0 Å². The number of para-hydroxylation sites is 1. The molecule has 90 valence electrons. The number of benzene rings is 2. The van der Waals surface area contributed by atoms with Crippen molar-refractivity contribution in [3.8, 4) is 5.69 Å². The first-order chi connectivity index (χ1) is 8.68. The number of aryl methyl sites for hydroxylation is 2. The molecule has 0 N–H and O–H groups in total. The molecular weight excluding hydrogens is 218 g/mol. The fraction of sp³-hybridized carbons (Fsp3) is 0.176. The van der Waals surface area contributed by atoms with E-state index in [4.69, 9.17) is 0 Å². The molecule has 0 aliphatic heterocycles. The largest absolute Gasteiger partial charge is 0.314 e. The van der Waals surface area contributed by atoms with Gasteiger partial charge in [-0.25, -0.2) is 0 Å². The lowest BCUT2D eigenvalue weighted by molar-refractivity contribution is 1.04. The lowest BCUT2D eigenvalue weighted by Gasteiger charge is -2.08. The van der Waals surface area contributed by atoms with Crippen LogP contribution in [0, 0.1) is 20.8 Å². The van der Waals surface area contributed by atoms with Gasteiger partial charge in [0.2, 0.25) is 0 Å². The van der Waals surface area contributed by atoms with Crippen LogP contribution in [0.25, 0.3) is 16.6 Å². The number of rotatable bonds is 1. The first kappa shape index (κ1) is 11.1. The van der Waals surface area contributed by atoms with Crippen LogP contribution in [0.15, 0.2) is 48.5 Å². The van der Waals surface area contributed by atoms with Crippen LogP contribution in [-0.2, 0) is 0 Å². The molecule has 1 heteroatoms. The lowest BCUT2D eigenvalue weighted by Crippen LogP contribution is -1.96. The van der Waals surface area contributed by atoms with Gasteiger partial charge >= 0.3 is 0 Å². The van der Waals surface area contributed by atoms with Crippen molar-refractivity contribution >= 4 is 10.9 Å². The summed E-state index contributed by atoms with van der Waals surface area (Å²) in [5.74, 6) is 0. The number of nitrogens with zero attached hydrogens (tertiary/aromatic N) is 1. The van der Waals surface area contributed by atoms with Crippen molar-refractivity contribution in [3.63, 3.8) is 0 Å². The van der Waals surface area contributed by atoms with Gasteiger partial charge in [-0.1, -0.05) is 35.9 Å². The van der Waals surface area contributed by atoms with Gasteiger partial charge in [-0.2, -0.15) is 0 Å². The van der Waals surface area contributed by atoms with Crippen LogP contribution in [-0.4, -0.2) is 4.57 Å². The van der Waals surface area contributed by atoms with Crippen LogP contribution < -0.4 is 0 Å². The Morgan fingerprint density at radius 3 is 2.17 bits per heavy atom. The molecule has 1 nitrogen and oxygen atoms in total. The summed E-state index contributed by atoms with van der Waals surface area (Å²) in [6.07, 6.45) is 0. The summed E-state index contributed by atoms with van der Waals surface area (Å²) in [5, 5.41) is 1.34. The van der Waals surface area contributed by atoms with Gasteiger partial charge in [0.15, 0.2) is 0 Å². The third-order valence-electron chi connectivity index (χ3n) is 3.72. The Hall–Kier alpha value is -2.02. The minimum absolute atomic E-state index is 1.24. The van der Waals surface area contributed by atoms with E-state index in [0.717, 1.165) is 0 Å². The van der Waals surface area contributed by atoms with Crippen molar-refractivity contribution in [2.45, 2.75) is 20.8 Å². The summed E-state index contributed by atoms with van der Waals surface area (Å²) >= 11 is 0. The first-order valence-electron chi connectivity index (χ1n) is 6.32. The topological polar surface area (TPSA) is 4.93 Å². The third kappa shape index (κ3) is 1.55. The second-order valence-corrected chi connectivity index (χ2v) is 4.90. The standard InChI is InChI=1S/C17H17N/c1-12-8-10-15(11-9-12)18-14(3)13(2)16-6-4-5-7-17(16)18/h4-11H,1-3H3. The zero-order valence-electron chi connectivity index (χ0n) is 11.1. The highest BCUT2D eigenvalue weighted by Crippen LogP contribution is 2.28. The molecule has 0 aliphatic rings. The van der Waals surface area contributed by atoms with E-state index < -0.39 is 0 Å². The molecule has 0 unspecified atom stereocenters. The molecule has 0 bridgehead atoms. The Labute approximate surface area is 108 Å². The quantitative estimate of drug-likeness (QED) is 0.583. The van der Waals surface area contributed by atoms with Crippen LogP contribution >= 0.6 is 0 Å². The van der Waals surface area contributed by atoms with E-state index in [1.54, 1.807) is 0 Å². The van der Waals surface area contributed by atoms with Gasteiger partial charge in [0.1, 0.15) is 0 Å². The minimum Gasteiger partial charge on any atom is -0.314 e. The van der Waals surface area contributed by atoms with E-state index in [9.17, 15) is 0 Å². The Morgan fingerprint density at radius 1 is 0.778 bits per heavy atom. The van der Waals surface area contributed by atoms with Gasteiger partial charge in [0.25, 0.3) is 0 Å². The first-order valence-corrected chi connectivity index (χ1v) is 6.32. The summed E-state index contributed by atoms with van der Waals surface area (Å²) in [5.41, 5.74) is 6.51. The molecule has 1 heterocycles. The number of fused-ring (bicyclic) bond motifs is 1. The van der Waals surface area contributed by atoms with Crippen molar-refractivity contribution in [2.24, 2.45) is 0 Å². The molecule has 0 fully saturated rings. The van der Waals surface area contributed by atoms with Crippen molar-refractivity contribution < 1.29 is 0 Å². The summed E-state index contributed by atoms with van der Waals surface area (Å²) in [6.45, 7) is 6.51. The summed E-state index contributed by atoms with van der Waals surface area (Å²) < 4.78 is 2.34. The zero-order chi connectivity index (χ0) is 12.7. The van der Waals surface area contributed by atoms with Crippen molar-refractivity contribution in [3.05, 3.63) is 65.4 Å². The molecule has 0 atom stereocenters. The van der Waals surface area contributed by atoms with Gasteiger partial charge in [-0.3, -0.25) is 0 Å². The fourth-order valence-corrected chi connectivity index (χ4v) is 2.56. The SMILES string of the molecule is Cc1ccc(-n2c(C)c(C)c3ccccc32)cc1. The molecule has 1 aromatic heterocycles. The minimum atomic E-state index is 1.24. The number of hydrogen-bond donors (Lipinski definition) is 0. The maximum absolute atomic E-state index is 2.34. The third-order valence-corrected chi connectivity index (χ3v) is 3.72. The molecule has 0 radical (unpaired) electrons. The number of aromatic nitrogens is 1. The average molecular weight is 235 g/mol. The Kier molecular flexibility index (Phi) is 2.48. The lowest BCUT2D eigenvalue weighted by atomic mass is 10.2. The predicted molar refractivity (Wildman–Crippen MR) is 77.5 cm³/mol. The van der Waals surface area contributed by atoms with E-state index in [-0.39, 0.29) is 0 Å². The molecule has 18 heavy (non-hydrogen) atoms. The molecular formula is C17H17N. The molecule has 0 saturated carbocycles. The van der Waals surface area contributed by atoms with Crippen molar-refractivity contribution in [2.75, 3.05) is 0 Å². The maximum Gasteiger partial charge on any atom is 0.0534 e. The van der Waals surface area contributed by atoms with Crippen molar-refractivity contribution in [1.29, 1.82) is 0 Å². The summed E-state index contributed by atoms with van der Waals surface area (Å²) in [4.78, 5) is 0. The van der Waals surface area contributed by atoms with E-state index in [2.05, 4.69) is 73.9 Å². The van der Waals surface area contributed by atoms with E-state index in [0.29, 0.717) is 0 Å². The summed E-state index contributed by atoms with van der Waals surface area (Å²) in [7, 11) is 0. The second kappa shape index (κ2) is 4.02. The predicted octanol–water partition coefficient (Wildman–Crippen LogP) is 4.56. The highest BCUT2D eigenvalue weighted by molar-refractivity contribution is 5.86. The normalized spacial score (nSPS) is 11.1. The smallest absolute Gasteiger partial charge is 0.0534 e. The molecule has 3 aromatic rings.